The molecule has 5 rings (SSSR count). The largest absolute Gasteiger partial charge is 0.573 e. The summed E-state index contributed by atoms with van der Waals surface area (Å²) in [6.07, 6.45) is -6.07. The molecule has 0 aliphatic rings. The van der Waals surface area contributed by atoms with E-state index in [1.165, 1.54) is 50.4 Å². The second kappa shape index (κ2) is 10.2. The molecule has 0 aliphatic heterocycles. The molecule has 1 atom stereocenters. The third-order valence-corrected chi connectivity index (χ3v) is 6.31. The van der Waals surface area contributed by atoms with Crippen molar-refractivity contribution in [2.24, 2.45) is 0 Å². The molecular formula is C27H20ClF3N2O7. The smallest absolute Gasteiger partial charge is 0.497 e. The summed E-state index contributed by atoms with van der Waals surface area (Å²) in [4.78, 5) is 11.2. The molecule has 3 aromatic carbocycles. The van der Waals surface area contributed by atoms with Crippen molar-refractivity contribution in [3.05, 3.63) is 65.3 Å². The average molecular weight is 577 g/mol. The summed E-state index contributed by atoms with van der Waals surface area (Å²) >= 11 is 6.36. The van der Waals surface area contributed by atoms with Crippen LogP contribution < -0.4 is 18.9 Å². The molecule has 0 spiro atoms. The zero-order valence-corrected chi connectivity index (χ0v) is 21.8. The van der Waals surface area contributed by atoms with Gasteiger partial charge >= 0.3 is 12.3 Å². The number of ether oxygens (including phenoxy) is 4. The third-order valence-electron chi connectivity index (χ3n) is 6.00. The van der Waals surface area contributed by atoms with Gasteiger partial charge in [0.15, 0.2) is 23.3 Å². The quantitative estimate of drug-likeness (QED) is 0.205. The number of rotatable bonds is 8. The highest BCUT2D eigenvalue weighted by atomic mass is 35.5. The van der Waals surface area contributed by atoms with Crippen molar-refractivity contribution in [1.29, 1.82) is 0 Å². The number of methoxy groups -OCH3 is 1. The number of carboxylic acids is 1. The van der Waals surface area contributed by atoms with E-state index in [4.69, 9.17) is 35.4 Å². The summed E-state index contributed by atoms with van der Waals surface area (Å²) in [6.45, 7) is 3.04. The summed E-state index contributed by atoms with van der Waals surface area (Å²) in [5.41, 5.74) is 1.32. The van der Waals surface area contributed by atoms with Gasteiger partial charge in [-0.3, -0.25) is 4.57 Å². The minimum absolute atomic E-state index is 0.0794. The molecule has 9 nitrogen and oxygen atoms in total. The van der Waals surface area contributed by atoms with E-state index in [2.05, 4.69) is 9.89 Å². The van der Waals surface area contributed by atoms with Crippen molar-refractivity contribution in [3.8, 4) is 34.6 Å². The number of benzene rings is 3. The van der Waals surface area contributed by atoms with Crippen LogP contribution in [0.15, 0.2) is 59.1 Å². The first kappa shape index (κ1) is 27.0. The van der Waals surface area contributed by atoms with Crippen molar-refractivity contribution in [2.45, 2.75) is 26.3 Å². The van der Waals surface area contributed by atoms with Gasteiger partial charge in [0, 0.05) is 17.5 Å². The fourth-order valence-electron chi connectivity index (χ4n) is 4.16. The summed E-state index contributed by atoms with van der Waals surface area (Å²) in [7, 11) is 1.51. The predicted octanol–water partition coefficient (Wildman–Crippen LogP) is 7.28. The van der Waals surface area contributed by atoms with E-state index in [0.29, 0.717) is 33.7 Å². The fraction of sp³-hybridized carbons (Fsp3) is 0.185. The second-order valence-corrected chi connectivity index (χ2v) is 9.04. The Balaban J connectivity index is 1.67. The van der Waals surface area contributed by atoms with Gasteiger partial charge in [-0.2, -0.15) is 0 Å². The lowest BCUT2D eigenvalue weighted by Crippen LogP contribution is -2.22. The second-order valence-electron chi connectivity index (χ2n) is 8.64. The Labute approximate surface area is 229 Å². The number of hydrogen-bond donors (Lipinski definition) is 1. The Morgan fingerprint density at radius 1 is 1.05 bits per heavy atom. The Kier molecular flexibility index (Phi) is 6.88. The highest BCUT2D eigenvalue weighted by molar-refractivity contribution is 6.32. The Morgan fingerprint density at radius 2 is 1.77 bits per heavy atom. The maximum atomic E-state index is 13.0. The van der Waals surface area contributed by atoms with Gasteiger partial charge in [-0.1, -0.05) is 16.8 Å². The zero-order chi connectivity index (χ0) is 28.8. The lowest BCUT2D eigenvalue weighted by molar-refractivity contribution is -0.274. The molecule has 13 heteroatoms. The van der Waals surface area contributed by atoms with E-state index in [9.17, 15) is 18.0 Å². The molecule has 0 amide bonds. The molecule has 2 heterocycles. The van der Waals surface area contributed by atoms with Gasteiger partial charge in [-0.25, -0.2) is 4.79 Å². The number of carbonyl (C=O) groups is 1. The number of carboxylic acid groups (broad SMARTS) is 1. The average Bonchev–Trinajstić information content (AvgIpc) is 3.42. The monoisotopic (exact) mass is 576 g/mol. The first-order chi connectivity index (χ1) is 18.9. The van der Waals surface area contributed by atoms with Crippen molar-refractivity contribution < 1.29 is 46.5 Å². The summed E-state index contributed by atoms with van der Waals surface area (Å²) in [5.74, 6) is -0.336. The van der Waals surface area contributed by atoms with Crippen molar-refractivity contribution >= 4 is 39.4 Å². The minimum atomic E-state index is -4.91. The Bertz CT molecular complexity index is 1750. The molecule has 0 aliphatic carbocycles. The first-order valence-electron chi connectivity index (χ1n) is 11.7. The summed E-state index contributed by atoms with van der Waals surface area (Å²) < 4.78 is 67.2. The maximum Gasteiger partial charge on any atom is 0.573 e. The van der Waals surface area contributed by atoms with Gasteiger partial charge < -0.3 is 28.6 Å². The van der Waals surface area contributed by atoms with Crippen molar-refractivity contribution in [1.82, 2.24) is 9.72 Å². The molecule has 1 N–H and O–H groups in total. The van der Waals surface area contributed by atoms with E-state index in [-0.39, 0.29) is 27.7 Å². The minimum Gasteiger partial charge on any atom is -0.497 e. The molecule has 0 saturated carbocycles. The molecule has 5 aromatic rings. The summed E-state index contributed by atoms with van der Waals surface area (Å²) in [6, 6.07) is 13.2. The molecule has 0 fully saturated rings. The normalized spacial score (nSPS) is 12.5. The molecule has 40 heavy (non-hydrogen) atoms. The lowest BCUT2D eigenvalue weighted by Gasteiger charge is -2.13. The van der Waals surface area contributed by atoms with E-state index in [1.807, 2.05) is 0 Å². The van der Waals surface area contributed by atoms with Crippen LogP contribution in [-0.4, -0.2) is 40.4 Å². The van der Waals surface area contributed by atoms with Crippen LogP contribution in [0.5, 0.6) is 28.7 Å². The fourth-order valence-corrected chi connectivity index (χ4v) is 4.32. The van der Waals surface area contributed by atoms with E-state index >= 15 is 0 Å². The lowest BCUT2D eigenvalue weighted by atomic mass is 10.2. The van der Waals surface area contributed by atoms with E-state index in [0.717, 1.165) is 0 Å². The van der Waals surface area contributed by atoms with Crippen LogP contribution in [0, 0.1) is 6.92 Å². The van der Waals surface area contributed by atoms with Crippen molar-refractivity contribution in [2.75, 3.05) is 7.11 Å². The van der Waals surface area contributed by atoms with Gasteiger partial charge in [-0.15, -0.1) is 13.2 Å². The van der Waals surface area contributed by atoms with Gasteiger partial charge in [0.05, 0.1) is 28.7 Å². The van der Waals surface area contributed by atoms with Crippen molar-refractivity contribution in [3.63, 3.8) is 0 Å². The van der Waals surface area contributed by atoms with Crippen LogP contribution in [0.2, 0.25) is 5.02 Å². The first-order valence-corrected chi connectivity index (χ1v) is 12.0. The Morgan fingerprint density at radius 3 is 2.48 bits per heavy atom. The number of fused-ring (bicyclic) bond motifs is 2. The van der Waals surface area contributed by atoms with Gasteiger partial charge in [-0.05, 0) is 56.3 Å². The van der Waals surface area contributed by atoms with Gasteiger partial charge in [0.25, 0.3) is 0 Å². The molecular weight excluding hydrogens is 557 g/mol. The van der Waals surface area contributed by atoms with Crippen LogP contribution in [0.1, 0.15) is 12.6 Å². The van der Waals surface area contributed by atoms with Crippen LogP contribution in [-0.2, 0) is 4.79 Å². The zero-order valence-electron chi connectivity index (χ0n) is 21.1. The number of nitrogens with zero attached hydrogens (tertiary/aromatic N) is 2. The number of halogens is 4. The van der Waals surface area contributed by atoms with Crippen LogP contribution in [0.4, 0.5) is 13.2 Å². The number of alkyl halides is 3. The van der Waals surface area contributed by atoms with E-state index < -0.39 is 24.2 Å². The number of aromatic nitrogens is 2. The van der Waals surface area contributed by atoms with E-state index in [1.54, 1.807) is 29.7 Å². The van der Waals surface area contributed by atoms with Crippen LogP contribution in [0.25, 0.3) is 27.7 Å². The summed E-state index contributed by atoms with van der Waals surface area (Å²) in [5, 5.41) is 14.4. The highest BCUT2D eigenvalue weighted by Gasteiger charge is 2.32. The highest BCUT2D eigenvalue weighted by Crippen LogP contribution is 2.43. The van der Waals surface area contributed by atoms with Crippen LogP contribution >= 0.6 is 11.6 Å². The van der Waals surface area contributed by atoms with Gasteiger partial charge in [0.1, 0.15) is 23.0 Å². The topological polar surface area (TPSA) is 105 Å². The number of aliphatic carboxylic acids is 1. The van der Waals surface area contributed by atoms with Crippen LogP contribution in [0.3, 0.4) is 0 Å². The number of hydrogen-bond acceptors (Lipinski definition) is 7. The molecule has 208 valence electrons. The predicted molar refractivity (Wildman–Crippen MR) is 138 cm³/mol. The molecule has 2 aromatic heterocycles. The third kappa shape index (κ3) is 5.17. The molecule has 0 radical (unpaired) electrons. The SMILES string of the molecule is COc1ccc2c(-n3c(C)c(Oc4cc(O[C@@H](C)C(=O)O)ccc4Cl)c4cc(OC(F)(F)F)ccc43)noc2c1. The molecule has 0 bridgehead atoms. The standard InChI is InChI=1S/C27H20ClF3N2O7/c1-13-24(38-23-12-16(5-8-20(23)28)37-14(2)26(34)35)19-10-17(39-27(29,30)31)6-9-21(19)33(13)25-18-7-4-15(36-3)11-22(18)40-32-25/h4-12,14H,1-3H3,(H,34,35)/t14-/m0/s1. The molecule has 0 unspecified atom stereocenters. The Hall–Kier alpha value is -4.58. The van der Waals surface area contributed by atoms with Gasteiger partial charge in [0.2, 0.25) is 0 Å². The molecule has 0 saturated heterocycles. The maximum absolute atomic E-state index is 13.0.